The van der Waals surface area contributed by atoms with Gasteiger partial charge in [-0.3, -0.25) is 9.59 Å². The molecule has 2 amide bonds. The summed E-state index contributed by atoms with van der Waals surface area (Å²) in [6.07, 6.45) is 1.28. The van der Waals surface area contributed by atoms with Crippen LogP contribution < -0.4 is 5.32 Å². The van der Waals surface area contributed by atoms with Crippen LogP contribution in [0.2, 0.25) is 0 Å². The number of carbonyl (C=O) groups excluding carboxylic acids is 2. The second-order valence-corrected chi connectivity index (χ2v) is 6.99. The van der Waals surface area contributed by atoms with Crippen molar-refractivity contribution in [3.8, 4) is 0 Å². The number of rotatable bonds is 4. The first-order chi connectivity index (χ1) is 12.8. The predicted octanol–water partition coefficient (Wildman–Crippen LogP) is 3.33. The molecule has 2 aromatic rings. The first-order valence-corrected chi connectivity index (χ1v) is 8.85. The highest BCUT2D eigenvalue weighted by atomic mass is 16.4. The van der Waals surface area contributed by atoms with Gasteiger partial charge in [0.25, 0.3) is 5.91 Å². The number of carboxylic acid groups (broad SMARTS) is 1. The third-order valence-electron chi connectivity index (χ3n) is 5.13. The zero-order valence-electron chi connectivity index (χ0n) is 15.4. The van der Waals surface area contributed by atoms with Gasteiger partial charge < -0.3 is 15.3 Å². The van der Waals surface area contributed by atoms with Gasteiger partial charge in [0.2, 0.25) is 5.91 Å². The molecule has 1 fully saturated rings. The lowest BCUT2D eigenvalue weighted by Gasteiger charge is -2.34. The summed E-state index contributed by atoms with van der Waals surface area (Å²) in [6.45, 7) is 4.06. The van der Waals surface area contributed by atoms with Crippen molar-refractivity contribution in [3.63, 3.8) is 0 Å². The molecule has 3 rings (SSSR count). The minimum absolute atomic E-state index is 0.102. The molecule has 6 heteroatoms. The summed E-state index contributed by atoms with van der Waals surface area (Å²) >= 11 is 0. The van der Waals surface area contributed by atoms with Gasteiger partial charge >= 0.3 is 5.97 Å². The lowest BCUT2D eigenvalue weighted by atomic mass is 9.96. The number of amides is 2. The molecule has 0 radical (unpaired) electrons. The molecule has 1 atom stereocenters. The van der Waals surface area contributed by atoms with Crippen LogP contribution in [0.4, 0.5) is 5.69 Å². The molecule has 0 saturated carbocycles. The highest BCUT2D eigenvalue weighted by Gasteiger charge is 2.46. The van der Waals surface area contributed by atoms with E-state index in [0.717, 1.165) is 12.0 Å². The summed E-state index contributed by atoms with van der Waals surface area (Å²) in [6, 6.07) is 13.5. The summed E-state index contributed by atoms with van der Waals surface area (Å²) in [5.41, 5.74) is 0.863. The Morgan fingerprint density at radius 2 is 1.78 bits per heavy atom. The van der Waals surface area contributed by atoms with Crippen LogP contribution in [-0.4, -0.2) is 39.9 Å². The lowest BCUT2D eigenvalue weighted by Crippen LogP contribution is -2.53. The molecule has 2 aromatic carbocycles. The fourth-order valence-corrected chi connectivity index (χ4v) is 3.41. The van der Waals surface area contributed by atoms with Crippen molar-refractivity contribution in [1.29, 1.82) is 0 Å². The molecule has 0 aromatic heterocycles. The maximum atomic E-state index is 13.1. The zero-order valence-corrected chi connectivity index (χ0v) is 15.4. The predicted molar refractivity (Wildman–Crippen MR) is 102 cm³/mol. The average molecular weight is 366 g/mol. The molecule has 1 unspecified atom stereocenters. The van der Waals surface area contributed by atoms with E-state index in [1.165, 1.54) is 12.1 Å². The first kappa shape index (κ1) is 18.6. The molecule has 0 aliphatic carbocycles. The number of benzene rings is 2. The largest absolute Gasteiger partial charge is 0.478 e. The highest BCUT2D eigenvalue weighted by molar-refractivity contribution is 6.04. The maximum Gasteiger partial charge on any atom is 0.335 e. The van der Waals surface area contributed by atoms with Gasteiger partial charge in [0.1, 0.15) is 5.54 Å². The third kappa shape index (κ3) is 3.56. The van der Waals surface area contributed by atoms with E-state index in [1.807, 2.05) is 6.07 Å². The summed E-state index contributed by atoms with van der Waals surface area (Å²) in [4.78, 5) is 38.8. The maximum absolute atomic E-state index is 13.1. The Hall–Kier alpha value is -3.15. The molecular formula is C21H22N2O4. The Kier molecular flexibility index (Phi) is 4.99. The van der Waals surface area contributed by atoms with Crippen LogP contribution in [0.1, 0.15) is 46.0 Å². The van der Waals surface area contributed by atoms with Crippen molar-refractivity contribution in [2.24, 2.45) is 0 Å². The van der Waals surface area contributed by atoms with Crippen molar-refractivity contribution in [2.75, 3.05) is 11.9 Å². The highest BCUT2D eigenvalue weighted by Crippen LogP contribution is 2.32. The van der Waals surface area contributed by atoms with Gasteiger partial charge in [-0.2, -0.15) is 0 Å². The van der Waals surface area contributed by atoms with Gasteiger partial charge in [0.15, 0.2) is 0 Å². The number of aromatic carboxylic acids is 1. The molecule has 140 valence electrons. The third-order valence-corrected chi connectivity index (χ3v) is 5.13. The van der Waals surface area contributed by atoms with Crippen LogP contribution in [0.25, 0.3) is 0 Å². The number of hydrogen-bond donors (Lipinski definition) is 2. The summed E-state index contributed by atoms with van der Waals surface area (Å²) in [5, 5.41) is 12.0. The van der Waals surface area contributed by atoms with Crippen molar-refractivity contribution in [2.45, 2.75) is 32.2 Å². The van der Waals surface area contributed by atoms with E-state index >= 15 is 0 Å². The van der Waals surface area contributed by atoms with Crippen LogP contribution >= 0.6 is 0 Å². The smallest absolute Gasteiger partial charge is 0.335 e. The lowest BCUT2D eigenvalue weighted by molar-refractivity contribution is -0.124. The topological polar surface area (TPSA) is 86.7 Å². The number of nitrogens with one attached hydrogen (secondary N) is 1. The Balaban J connectivity index is 1.86. The second-order valence-electron chi connectivity index (χ2n) is 6.99. The first-order valence-electron chi connectivity index (χ1n) is 8.85. The number of carboxylic acids is 1. The molecule has 1 heterocycles. The van der Waals surface area contributed by atoms with Gasteiger partial charge in [-0.1, -0.05) is 24.3 Å². The SMILES string of the molecule is Cc1ccc(C(=O)O)cc1NC(=O)C1(C)CCCN1C(=O)c1ccccc1. The molecule has 0 spiro atoms. The fourth-order valence-electron chi connectivity index (χ4n) is 3.41. The van der Waals surface area contributed by atoms with E-state index < -0.39 is 11.5 Å². The molecule has 27 heavy (non-hydrogen) atoms. The van der Waals surface area contributed by atoms with E-state index in [2.05, 4.69) is 5.32 Å². The van der Waals surface area contributed by atoms with Crippen LogP contribution in [0.3, 0.4) is 0 Å². The fraction of sp³-hybridized carbons (Fsp3) is 0.286. The minimum Gasteiger partial charge on any atom is -0.478 e. The second kappa shape index (κ2) is 7.23. The standard InChI is InChI=1S/C21H22N2O4/c1-14-9-10-16(19(25)26)13-17(14)22-20(27)21(2)11-6-12-23(21)18(24)15-7-4-3-5-8-15/h3-5,7-10,13H,6,11-12H2,1-2H3,(H,22,27)(H,25,26). The summed E-state index contributed by atoms with van der Waals surface area (Å²) in [7, 11) is 0. The van der Waals surface area contributed by atoms with E-state index in [9.17, 15) is 19.5 Å². The van der Waals surface area contributed by atoms with Crippen LogP contribution in [0.15, 0.2) is 48.5 Å². The number of hydrogen-bond acceptors (Lipinski definition) is 3. The van der Waals surface area contributed by atoms with Crippen LogP contribution in [0, 0.1) is 6.92 Å². The summed E-state index contributed by atoms with van der Waals surface area (Å²) in [5.74, 6) is -1.55. The summed E-state index contributed by atoms with van der Waals surface area (Å²) < 4.78 is 0. The molecule has 1 aliphatic rings. The molecule has 1 saturated heterocycles. The van der Waals surface area contributed by atoms with Gasteiger partial charge in [0.05, 0.1) is 5.56 Å². The molecule has 6 nitrogen and oxygen atoms in total. The van der Waals surface area contributed by atoms with Crippen LogP contribution in [-0.2, 0) is 4.79 Å². The van der Waals surface area contributed by atoms with Gasteiger partial charge in [-0.25, -0.2) is 4.79 Å². The Bertz CT molecular complexity index is 894. The van der Waals surface area contributed by atoms with Gasteiger partial charge in [0, 0.05) is 17.8 Å². The Morgan fingerprint density at radius 3 is 2.44 bits per heavy atom. The monoisotopic (exact) mass is 366 g/mol. The number of nitrogens with zero attached hydrogens (tertiary/aromatic N) is 1. The number of aryl methyl sites for hydroxylation is 1. The molecular weight excluding hydrogens is 344 g/mol. The Morgan fingerprint density at radius 1 is 1.07 bits per heavy atom. The van der Waals surface area contributed by atoms with E-state index in [4.69, 9.17) is 0 Å². The van der Waals surface area contributed by atoms with Crippen molar-refractivity contribution >= 4 is 23.5 Å². The number of likely N-dealkylation sites (tertiary alicyclic amines) is 1. The zero-order chi connectivity index (χ0) is 19.6. The van der Waals surface area contributed by atoms with Crippen molar-refractivity contribution in [3.05, 3.63) is 65.2 Å². The van der Waals surface area contributed by atoms with Crippen molar-refractivity contribution < 1.29 is 19.5 Å². The van der Waals surface area contributed by atoms with Crippen LogP contribution in [0.5, 0.6) is 0 Å². The molecule has 2 N–H and O–H groups in total. The quantitative estimate of drug-likeness (QED) is 0.869. The Labute approximate surface area is 157 Å². The minimum atomic E-state index is -1.06. The molecule has 0 bridgehead atoms. The number of carbonyl (C=O) groups is 3. The normalized spacial score (nSPS) is 19.0. The number of anilines is 1. The van der Waals surface area contributed by atoms with Crippen molar-refractivity contribution in [1.82, 2.24) is 4.90 Å². The van der Waals surface area contributed by atoms with E-state index in [0.29, 0.717) is 24.2 Å². The van der Waals surface area contributed by atoms with Gasteiger partial charge in [-0.05, 0) is 56.5 Å². The van der Waals surface area contributed by atoms with E-state index in [-0.39, 0.29) is 17.4 Å². The van der Waals surface area contributed by atoms with Gasteiger partial charge in [-0.15, -0.1) is 0 Å². The molecule has 1 aliphatic heterocycles. The van der Waals surface area contributed by atoms with E-state index in [1.54, 1.807) is 49.1 Å². The average Bonchev–Trinajstić information content (AvgIpc) is 3.06.